The van der Waals surface area contributed by atoms with Crippen LogP contribution >= 0.6 is 22.9 Å². The molecule has 0 radical (unpaired) electrons. The van der Waals surface area contributed by atoms with Gasteiger partial charge in [0, 0.05) is 85.2 Å². The monoisotopic (exact) mass is 1370 g/mol. The molecule has 6 atom stereocenters. The minimum atomic E-state index is -1.02. The van der Waals surface area contributed by atoms with Crippen LogP contribution in [0.5, 0.6) is 17.2 Å². The molecule has 98 heavy (non-hydrogen) atoms. The fourth-order valence-electron chi connectivity index (χ4n) is 16.2. The molecular formula is C77H99ClN10O9S. The second kappa shape index (κ2) is 34.2. The highest BCUT2D eigenvalue weighted by atomic mass is 35.5. The zero-order valence-corrected chi connectivity index (χ0v) is 58.4. The van der Waals surface area contributed by atoms with Gasteiger partial charge in [-0.15, -0.1) is 11.3 Å². The number of methoxy groups -OCH3 is 1. The molecule has 2 unspecified atom stereocenters. The van der Waals surface area contributed by atoms with Gasteiger partial charge in [-0.05, 0) is 108 Å². The third-order valence-corrected chi connectivity index (χ3v) is 22.9. The Balaban J connectivity index is 0.712. The van der Waals surface area contributed by atoms with Gasteiger partial charge in [0.05, 0.1) is 43.9 Å². The highest BCUT2D eigenvalue weighted by Crippen LogP contribution is 2.36. The Morgan fingerprint density at radius 1 is 0.541 bits per heavy atom. The predicted molar refractivity (Wildman–Crippen MR) is 384 cm³/mol. The molecule has 21 heteroatoms. The number of carbonyl (C=O) groups excluding carboxylic acids is 6. The van der Waals surface area contributed by atoms with E-state index < -0.39 is 42.3 Å². The standard InChI is InChI=1S/C77H99ClN10O9S/c1-95-70-43-53(30-31-55(70)45-79)46-81-72(89)66-49-86(77(94)97-69-35-32-54-21-11-12-28-62(54)71(69)78)37-39-87(66)75(92)65(42-52-19-7-3-8-20-52)84-59-25-15-24-58(44-59)80-47-56-33-34-68(63-29-14-13-27-61(56)63)96-76(93)85-36-38-88(67(50-85)73(90)82-48-60-26-16-40-98-60)74(91)64(41-51-17-5-2-6-18-51)83-57-22-9-4-10-23-57/h11-14,16,21,26-35,40,43,51-52,57-59,64-67,80,83-84H,2-10,15,17-20,22-25,36-39,41-42,44-50,79H2,1H3,(H,81,89)(H,82,90)/t58?,59?,64-,65-,66+,67+/m1/s1. The predicted octanol–water partition coefficient (Wildman–Crippen LogP) is 12.1. The van der Waals surface area contributed by atoms with E-state index in [0.717, 1.165) is 139 Å². The van der Waals surface area contributed by atoms with Gasteiger partial charge in [0.2, 0.25) is 23.6 Å². The van der Waals surface area contributed by atoms with Gasteiger partial charge >= 0.3 is 12.2 Å². The maximum absolute atomic E-state index is 15.5. The van der Waals surface area contributed by atoms with Crippen molar-refractivity contribution in [2.24, 2.45) is 17.6 Å². The summed E-state index contributed by atoms with van der Waals surface area (Å²) in [4.78, 5) is 95.8. The number of benzene rings is 5. The minimum absolute atomic E-state index is 0.00638. The maximum Gasteiger partial charge on any atom is 0.415 e. The maximum atomic E-state index is 15.5. The number of ether oxygens (including phenoxy) is 3. The topological polar surface area (TPSA) is 229 Å². The number of nitrogens with two attached hydrogens (primary N) is 1. The number of carbonyl (C=O) groups is 6. The number of hydrogen-bond donors (Lipinski definition) is 6. The van der Waals surface area contributed by atoms with E-state index in [0.29, 0.717) is 54.4 Å². The first-order valence-electron chi connectivity index (χ1n) is 36.3. The Bertz CT molecular complexity index is 3690. The van der Waals surface area contributed by atoms with Gasteiger partial charge in [-0.25, -0.2) is 9.59 Å². The Hall–Kier alpha value is -7.33. The number of nitrogens with one attached hydrogen (secondary N) is 5. The van der Waals surface area contributed by atoms with Crippen molar-refractivity contribution in [1.82, 2.24) is 46.2 Å². The zero-order chi connectivity index (χ0) is 67.9. The highest BCUT2D eigenvalue weighted by molar-refractivity contribution is 7.09. The van der Waals surface area contributed by atoms with Gasteiger partial charge < -0.3 is 66.1 Å². The first-order chi connectivity index (χ1) is 47.9. The normalized spacial score (nSPS) is 21.3. The summed E-state index contributed by atoms with van der Waals surface area (Å²) in [6, 6.07) is 30.0. The number of amides is 6. The quantitative estimate of drug-likeness (QED) is 0.0351. The molecule has 2 aliphatic heterocycles. The van der Waals surface area contributed by atoms with Crippen molar-refractivity contribution >= 4 is 80.3 Å². The van der Waals surface area contributed by atoms with Crippen LogP contribution < -0.4 is 46.5 Å². The van der Waals surface area contributed by atoms with E-state index >= 15 is 4.79 Å². The molecule has 2 saturated heterocycles. The number of hydrogen-bond acceptors (Lipinski definition) is 14. The number of piperazine rings is 2. The van der Waals surface area contributed by atoms with Gasteiger partial charge in [-0.1, -0.05) is 180 Å². The average Bonchev–Trinajstić information content (AvgIpc) is 0.826. The molecular weight excluding hydrogens is 1280 g/mol. The molecule has 1 aromatic heterocycles. The molecule has 0 spiro atoms. The summed E-state index contributed by atoms with van der Waals surface area (Å²) in [5.41, 5.74) is 8.65. The highest BCUT2D eigenvalue weighted by Gasteiger charge is 2.44. The van der Waals surface area contributed by atoms with Crippen molar-refractivity contribution in [2.45, 2.75) is 203 Å². The molecule has 5 aromatic carbocycles. The molecule has 6 amide bonds. The van der Waals surface area contributed by atoms with Gasteiger partial charge in [-0.2, -0.15) is 0 Å². The van der Waals surface area contributed by atoms with Gasteiger partial charge in [0.25, 0.3) is 0 Å². The lowest BCUT2D eigenvalue weighted by atomic mass is 9.83. The van der Waals surface area contributed by atoms with Crippen LogP contribution in [-0.4, -0.2) is 144 Å². The van der Waals surface area contributed by atoms with Crippen LogP contribution in [0.2, 0.25) is 5.02 Å². The lowest BCUT2D eigenvalue weighted by Gasteiger charge is -2.43. The van der Waals surface area contributed by atoms with Gasteiger partial charge in [-0.3, -0.25) is 19.2 Å². The summed E-state index contributed by atoms with van der Waals surface area (Å²) in [7, 11) is 1.58. The summed E-state index contributed by atoms with van der Waals surface area (Å²) in [5.74, 6) is 1.15. The summed E-state index contributed by atoms with van der Waals surface area (Å²) in [5, 5.41) is 23.5. The third kappa shape index (κ3) is 17.8. The molecule has 19 nitrogen and oxygen atoms in total. The van der Waals surface area contributed by atoms with E-state index in [4.69, 9.17) is 31.5 Å². The van der Waals surface area contributed by atoms with Crippen molar-refractivity contribution in [1.29, 1.82) is 0 Å². The smallest absolute Gasteiger partial charge is 0.415 e. The van der Waals surface area contributed by atoms with Crippen molar-refractivity contribution < 1.29 is 43.0 Å². The van der Waals surface area contributed by atoms with Crippen molar-refractivity contribution in [3.63, 3.8) is 0 Å². The van der Waals surface area contributed by atoms with Crippen molar-refractivity contribution in [2.75, 3.05) is 46.4 Å². The molecule has 4 saturated carbocycles. The Labute approximate surface area is 585 Å². The Morgan fingerprint density at radius 2 is 1.09 bits per heavy atom. The summed E-state index contributed by atoms with van der Waals surface area (Å²) >= 11 is 8.38. The van der Waals surface area contributed by atoms with Crippen LogP contribution in [0.15, 0.2) is 109 Å². The molecule has 524 valence electrons. The van der Waals surface area contributed by atoms with Gasteiger partial charge in [0.1, 0.15) is 23.6 Å². The largest absolute Gasteiger partial charge is 0.496 e. The summed E-state index contributed by atoms with van der Waals surface area (Å²) in [6.45, 7) is 1.96. The lowest BCUT2D eigenvalue weighted by Crippen LogP contribution is -2.65. The molecule has 12 rings (SSSR count). The second-order valence-corrected chi connectivity index (χ2v) is 29.6. The fourth-order valence-corrected chi connectivity index (χ4v) is 17.1. The third-order valence-electron chi connectivity index (χ3n) is 21.6. The number of thiophene rings is 1. The van der Waals surface area contributed by atoms with E-state index in [1.54, 1.807) is 39.2 Å². The Kier molecular flexibility index (Phi) is 24.6. The van der Waals surface area contributed by atoms with Crippen LogP contribution in [0.3, 0.4) is 0 Å². The lowest BCUT2D eigenvalue weighted by molar-refractivity contribution is -0.145. The number of rotatable bonds is 23. The molecule has 6 aromatic rings. The molecule has 3 heterocycles. The SMILES string of the molecule is COc1cc(CNC(=O)[C@@H]2CN(C(=O)Oc3ccc4ccccc4c3Cl)CCN2C(=O)[C@@H](CC2CCCCC2)NC2CCCC(NCc3ccc(OC(=O)N4CCN(C(=O)[C@@H](CC5CCCCC5)NC5CCCCC5)[C@H](C(=O)NCc5cccs5)C4)c4ccccc34)C2)ccc1CN. The molecule has 4 aliphatic carbocycles. The summed E-state index contributed by atoms with van der Waals surface area (Å²) in [6.07, 6.45) is 20.6. The molecule has 7 N–H and O–H groups in total. The van der Waals surface area contributed by atoms with Crippen LogP contribution in [-0.2, 0) is 45.4 Å². The van der Waals surface area contributed by atoms with E-state index in [1.165, 1.54) is 37.0 Å². The fraction of sp³-hybridized carbons (Fsp3) is 0.532. The van der Waals surface area contributed by atoms with Crippen molar-refractivity contribution in [3.8, 4) is 17.2 Å². The van der Waals surface area contributed by atoms with Crippen LogP contribution in [0, 0.1) is 11.8 Å². The minimum Gasteiger partial charge on any atom is -0.496 e. The molecule has 6 aliphatic rings. The number of fused-ring (bicyclic) bond motifs is 2. The second-order valence-electron chi connectivity index (χ2n) is 28.1. The van der Waals surface area contributed by atoms with Gasteiger partial charge in [0.15, 0.2) is 5.75 Å². The van der Waals surface area contributed by atoms with E-state index in [9.17, 15) is 24.0 Å². The average molecular weight is 1380 g/mol. The first-order valence-corrected chi connectivity index (χ1v) is 37.5. The number of halogens is 1. The van der Waals surface area contributed by atoms with Crippen LogP contribution in [0.4, 0.5) is 9.59 Å². The van der Waals surface area contributed by atoms with Crippen LogP contribution in [0.25, 0.3) is 21.5 Å². The zero-order valence-electron chi connectivity index (χ0n) is 56.8. The summed E-state index contributed by atoms with van der Waals surface area (Å²) < 4.78 is 17.9. The van der Waals surface area contributed by atoms with E-state index in [1.807, 2.05) is 102 Å². The van der Waals surface area contributed by atoms with Crippen LogP contribution in [0.1, 0.15) is 156 Å². The molecule has 0 bridgehead atoms. The van der Waals surface area contributed by atoms with E-state index in [-0.39, 0.29) is 87.4 Å². The Morgan fingerprint density at radius 3 is 1.71 bits per heavy atom. The van der Waals surface area contributed by atoms with Crippen molar-refractivity contribution in [3.05, 3.63) is 135 Å². The molecule has 6 fully saturated rings. The van der Waals surface area contributed by atoms with E-state index in [2.05, 4.69) is 26.6 Å². The number of nitrogens with zero attached hydrogens (tertiary/aromatic N) is 4. The first kappa shape index (κ1) is 70.5.